The molecule has 0 bridgehead atoms. The van der Waals surface area contributed by atoms with Gasteiger partial charge < -0.3 is 14.2 Å². The van der Waals surface area contributed by atoms with Gasteiger partial charge >= 0.3 is 5.97 Å². The van der Waals surface area contributed by atoms with Crippen LogP contribution in [0.15, 0.2) is 12.7 Å². The van der Waals surface area contributed by atoms with E-state index in [9.17, 15) is 4.79 Å². The van der Waals surface area contributed by atoms with Gasteiger partial charge in [-0.2, -0.15) is 0 Å². The monoisotopic (exact) mass is 228 g/mol. The van der Waals surface area contributed by atoms with Crippen molar-refractivity contribution in [2.24, 2.45) is 0 Å². The summed E-state index contributed by atoms with van der Waals surface area (Å²) < 4.78 is 16.4. The maximum atomic E-state index is 11.1. The van der Waals surface area contributed by atoms with Gasteiger partial charge in [-0.15, -0.1) is 6.58 Å². The van der Waals surface area contributed by atoms with Crippen LogP contribution in [0.25, 0.3) is 0 Å². The Balaban J connectivity index is 2.65. The number of rotatable bonds is 4. The molecule has 0 aromatic carbocycles. The summed E-state index contributed by atoms with van der Waals surface area (Å²) in [6.45, 7) is 9.49. The van der Waals surface area contributed by atoms with Crippen LogP contribution in [0.2, 0.25) is 0 Å². The Bertz CT molecular complexity index is 260. The lowest BCUT2D eigenvalue weighted by molar-refractivity contribution is -0.305. The van der Waals surface area contributed by atoms with Crippen LogP contribution in [0.3, 0.4) is 0 Å². The smallest absolute Gasteiger partial charge is 0.303 e. The minimum atomic E-state index is -0.657. The predicted molar refractivity (Wildman–Crippen MR) is 59.9 cm³/mol. The Morgan fingerprint density at radius 3 is 2.44 bits per heavy atom. The van der Waals surface area contributed by atoms with Gasteiger partial charge in [0, 0.05) is 6.92 Å². The molecular weight excluding hydrogens is 208 g/mol. The highest BCUT2D eigenvalue weighted by Gasteiger charge is 2.42. The van der Waals surface area contributed by atoms with Crippen LogP contribution in [-0.2, 0) is 19.0 Å². The van der Waals surface area contributed by atoms with E-state index < -0.39 is 11.4 Å². The second-order valence-electron chi connectivity index (χ2n) is 4.58. The van der Waals surface area contributed by atoms with Gasteiger partial charge in [-0.25, -0.2) is 0 Å². The highest BCUT2D eigenvalue weighted by molar-refractivity contribution is 5.66. The van der Waals surface area contributed by atoms with E-state index in [2.05, 4.69) is 6.58 Å². The van der Waals surface area contributed by atoms with Crippen molar-refractivity contribution in [3.05, 3.63) is 12.7 Å². The number of hydrogen-bond acceptors (Lipinski definition) is 4. The Hall–Kier alpha value is -0.870. The molecule has 0 aromatic rings. The average molecular weight is 228 g/mol. The molecule has 1 heterocycles. The van der Waals surface area contributed by atoms with E-state index in [0.29, 0.717) is 19.6 Å². The van der Waals surface area contributed by atoms with Crippen molar-refractivity contribution < 1.29 is 19.0 Å². The molecule has 0 unspecified atom stereocenters. The van der Waals surface area contributed by atoms with Gasteiger partial charge in [0.15, 0.2) is 11.4 Å². The summed E-state index contributed by atoms with van der Waals surface area (Å²) in [4.78, 5) is 11.1. The van der Waals surface area contributed by atoms with Gasteiger partial charge in [0.25, 0.3) is 0 Å². The third kappa shape index (κ3) is 3.61. The first-order chi connectivity index (χ1) is 7.39. The van der Waals surface area contributed by atoms with Crippen LogP contribution in [0.5, 0.6) is 0 Å². The Morgan fingerprint density at radius 2 is 2.00 bits per heavy atom. The Labute approximate surface area is 96.6 Å². The van der Waals surface area contributed by atoms with E-state index >= 15 is 0 Å². The van der Waals surface area contributed by atoms with Crippen LogP contribution in [-0.4, -0.2) is 30.6 Å². The highest BCUT2D eigenvalue weighted by atomic mass is 16.7. The standard InChI is InChI=1S/C12H20O4/c1-5-6-7-12(16-10(2)13)8-14-11(3,4)15-9-12/h5H,1,6-9H2,2-4H3. The average Bonchev–Trinajstić information content (AvgIpc) is 2.19. The van der Waals surface area contributed by atoms with Crippen molar-refractivity contribution >= 4 is 5.97 Å². The summed E-state index contributed by atoms with van der Waals surface area (Å²) >= 11 is 0. The maximum absolute atomic E-state index is 11.1. The predicted octanol–water partition coefficient (Wildman–Crippen LogP) is 2.04. The zero-order valence-electron chi connectivity index (χ0n) is 10.2. The van der Waals surface area contributed by atoms with Crippen molar-refractivity contribution in [2.45, 2.75) is 45.0 Å². The molecule has 4 nitrogen and oxygen atoms in total. The second kappa shape index (κ2) is 4.97. The molecule has 0 spiro atoms. The zero-order valence-corrected chi connectivity index (χ0v) is 10.2. The van der Waals surface area contributed by atoms with Gasteiger partial charge in [-0.1, -0.05) is 6.08 Å². The second-order valence-corrected chi connectivity index (χ2v) is 4.58. The number of hydrogen-bond donors (Lipinski definition) is 0. The van der Waals surface area contributed by atoms with E-state index in [4.69, 9.17) is 14.2 Å². The van der Waals surface area contributed by atoms with Gasteiger partial charge in [0.05, 0.1) is 13.2 Å². The summed E-state index contributed by atoms with van der Waals surface area (Å²) in [6, 6.07) is 0. The first kappa shape index (κ1) is 13.2. The maximum Gasteiger partial charge on any atom is 0.303 e. The first-order valence-corrected chi connectivity index (χ1v) is 5.48. The SMILES string of the molecule is C=CCCC1(OC(C)=O)COC(C)(C)OC1. The molecule has 1 rings (SSSR count). The summed E-state index contributed by atoms with van der Waals surface area (Å²) in [7, 11) is 0. The fourth-order valence-electron chi connectivity index (χ4n) is 1.62. The van der Waals surface area contributed by atoms with Gasteiger partial charge in [0.2, 0.25) is 0 Å². The van der Waals surface area contributed by atoms with E-state index in [1.807, 2.05) is 13.8 Å². The summed E-state index contributed by atoms with van der Waals surface area (Å²) in [5.41, 5.74) is -0.657. The number of carbonyl (C=O) groups is 1. The number of allylic oxidation sites excluding steroid dienone is 1. The van der Waals surface area contributed by atoms with Crippen LogP contribution in [0, 0.1) is 0 Å². The molecule has 0 N–H and O–H groups in total. The van der Waals surface area contributed by atoms with Crippen molar-refractivity contribution in [3.63, 3.8) is 0 Å². The quantitative estimate of drug-likeness (QED) is 0.545. The molecule has 1 aliphatic rings. The molecule has 1 saturated heterocycles. The van der Waals surface area contributed by atoms with E-state index in [1.54, 1.807) is 6.08 Å². The normalized spacial score (nSPS) is 22.4. The minimum absolute atomic E-state index is 0.309. The molecule has 0 aliphatic carbocycles. The number of ether oxygens (including phenoxy) is 3. The molecule has 1 aliphatic heterocycles. The van der Waals surface area contributed by atoms with Crippen LogP contribution < -0.4 is 0 Å². The lowest BCUT2D eigenvalue weighted by Gasteiger charge is -2.42. The van der Waals surface area contributed by atoms with Gasteiger partial charge in [0.1, 0.15) is 0 Å². The highest BCUT2D eigenvalue weighted by Crippen LogP contribution is 2.29. The van der Waals surface area contributed by atoms with Crippen LogP contribution >= 0.6 is 0 Å². The van der Waals surface area contributed by atoms with Crippen LogP contribution in [0.1, 0.15) is 33.6 Å². The minimum Gasteiger partial charge on any atom is -0.454 e. The number of esters is 1. The molecule has 0 saturated carbocycles. The molecule has 92 valence electrons. The number of carbonyl (C=O) groups excluding carboxylic acids is 1. The fourth-order valence-corrected chi connectivity index (χ4v) is 1.62. The molecule has 4 heteroatoms. The van der Waals surface area contributed by atoms with Crippen LogP contribution in [0.4, 0.5) is 0 Å². The van der Waals surface area contributed by atoms with E-state index in [0.717, 1.165) is 6.42 Å². The van der Waals surface area contributed by atoms with E-state index in [-0.39, 0.29) is 5.97 Å². The van der Waals surface area contributed by atoms with Crippen molar-refractivity contribution in [2.75, 3.05) is 13.2 Å². The topological polar surface area (TPSA) is 44.8 Å². The molecular formula is C12H20O4. The third-order valence-electron chi connectivity index (χ3n) is 2.53. The lowest BCUT2D eigenvalue weighted by atomic mass is 9.98. The fraction of sp³-hybridized carbons (Fsp3) is 0.750. The van der Waals surface area contributed by atoms with Crippen molar-refractivity contribution in [3.8, 4) is 0 Å². The van der Waals surface area contributed by atoms with E-state index in [1.165, 1.54) is 6.92 Å². The van der Waals surface area contributed by atoms with Gasteiger partial charge in [-0.05, 0) is 26.7 Å². The molecule has 0 atom stereocenters. The Kier molecular flexibility index (Phi) is 4.10. The zero-order chi connectivity index (χ0) is 12.2. The largest absolute Gasteiger partial charge is 0.454 e. The third-order valence-corrected chi connectivity index (χ3v) is 2.53. The molecule has 0 amide bonds. The van der Waals surface area contributed by atoms with Crippen molar-refractivity contribution in [1.82, 2.24) is 0 Å². The Morgan fingerprint density at radius 1 is 1.44 bits per heavy atom. The summed E-state index contributed by atoms with van der Waals surface area (Å²) in [5, 5.41) is 0. The molecule has 0 aromatic heterocycles. The summed E-state index contributed by atoms with van der Waals surface area (Å²) in [6.07, 6.45) is 3.23. The lowest BCUT2D eigenvalue weighted by Crippen LogP contribution is -2.53. The first-order valence-electron chi connectivity index (χ1n) is 5.48. The van der Waals surface area contributed by atoms with Gasteiger partial charge in [-0.3, -0.25) is 4.79 Å². The molecule has 16 heavy (non-hydrogen) atoms. The molecule has 0 radical (unpaired) electrons. The van der Waals surface area contributed by atoms with Crippen molar-refractivity contribution in [1.29, 1.82) is 0 Å². The molecule has 1 fully saturated rings. The summed E-state index contributed by atoms with van der Waals surface area (Å²) in [5.74, 6) is -0.909.